The smallest absolute Gasteiger partial charge is 1.00 e. The number of amides is 4. The fourth-order valence-electron chi connectivity index (χ4n) is 13.8. The van der Waals surface area contributed by atoms with Crippen LogP contribution in [0.1, 0.15) is 89.1 Å². The van der Waals surface area contributed by atoms with Gasteiger partial charge in [-0.1, -0.05) is 98.0 Å². The Morgan fingerprint density at radius 1 is 0.933 bits per heavy atom. The molecule has 1 aromatic heterocycles. The first-order valence-electron chi connectivity index (χ1n) is 29.7. The van der Waals surface area contributed by atoms with Gasteiger partial charge in [0.15, 0.2) is 11.5 Å². The topological polar surface area (TPSA) is 292 Å². The van der Waals surface area contributed by atoms with Crippen molar-refractivity contribution in [2.75, 3.05) is 71.8 Å². The number of halogens is 1. The Labute approximate surface area is 556 Å². The number of benzene rings is 3. The number of barbiturate groups is 1. The zero-order valence-corrected chi connectivity index (χ0v) is 58.5. The van der Waals surface area contributed by atoms with Crippen molar-refractivity contribution >= 4 is 41.5 Å². The van der Waals surface area contributed by atoms with Gasteiger partial charge in [0.2, 0.25) is 11.8 Å². The van der Waals surface area contributed by atoms with E-state index < -0.39 is 53.2 Å². The third-order valence-electron chi connectivity index (χ3n) is 19.1. The van der Waals surface area contributed by atoms with Crippen molar-refractivity contribution in [2.24, 2.45) is 36.1 Å². The van der Waals surface area contributed by atoms with Gasteiger partial charge in [0.25, 0.3) is 5.56 Å². The molecule has 3 fully saturated rings. The van der Waals surface area contributed by atoms with Crippen LogP contribution in [0.25, 0.3) is 5.69 Å². The Hall–Kier alpha value is -4.76. The number of carbonyl (C=O) groups is 3. The third kappa shape index (κ3) is 16.4. The van der Waals surface area contributed by atoms with Crippen molar-refractivity contribution in [2.45, 2.75) is 109 Å². The number of likely N-dealkylation sites (tertiary alicyclic amines) is 1. The molecule has 9 unspecified atom stereocenters. The van der Waals surface area contributed by atoms with Crippen LogP contribution >= 0.6 is 7.82 Å². The zero-order valence-electron chi connectivity index (χ0n) is 53.2. The number of urea groups is 1. The summed E-state index contributed by atoms with van der Waals surface area (Å²) in [6.45, 7) is 17.5. The minimum Gasteiger partial charge on any atom is -1.00 e. The number of allylic oxidation sites excluding steroid dienone is 4. The number of para-hydroxylation sites is 1. The molecule has 4 heterocycles. The van der Waals surface area contributed by atoms with E-state index >= 15 is 0 Å². The van der Waals surface area contributed by atoms with Gasteiger partial charge in [0, 0.05) is 37.0 Å². The maximum Gasteiger partial charge on any atom is 1.00 e. The number of aliphatic hydroxyl groups is 1. The Morgan fingerprint density at radius 2 is 1.54 bits per heavy atom. The van der Waals surface area contributed by atoms with Gasteiger partial charge in [-0.25, -0.2) is 22.5 Å². The van der Waals surface area contributed by atoms with E-state index in [-0.39, 0.29) is 74.9 Å². The summed E-state index contributed by atoms with van der Waals surface area (Å²) in [5.41, 5.74) is 3.71. The van der Waals surface area contributed by atoms with Crippen molar-refractivity contribution < 1.29 is 117 Å². The molecule has 4 bridgehead atoms. The molecule has 484 valence electrons. The number of piperidine rings is 1. The Morgan fingerprint density at radius 3 is 2.07 bits per heavy atom. The Bertz CT molecular complexity index is 3410. The van der Waals surface area contributed by atoms with E-state index in [1.54, 1.807) is 69.1 Å². The van der Waals surface area contributed by atoms with Crippen LogP contribution in [0.4, 0.5) is 10.5 Å². The van der Waals surface area contributed by atoms with E-state index in [9.17, 15) is 37.3 Å². The third-order valence-corrected chi connectivity index (χ3v) is 19.8. The summed E-state index contributed by atoms with van der Waals surface area (Å²) >= 11 is 0. The number of phosphoric acid groups is 1. The van der Waals surface area contributed by atoms with Gasteiger partial charge >= 0.3 is 43.4 Å². The monoisotopic (exact) mass is 1350 g/mol. The number of hydrogen-bond acceptors (Lipinski definition) is 14. The van der Waals surface area contributed by atoms with Crippen LogP contribution in [-0.2, 0) is 53.5 Å². The summed E-state index contributed by atoms with van der Waals surface area (Å²) in [5.74, 6) is 2.39. The molecule has 6 N–H and O–H groups in total. The van der Waals surface area contributed by atoms with Crippen molar-refractivity contribution in [1.82, 2.24) is 24.9 Å². The SMILES string of the molecule is CC=CCC1(CC)C(=O)NC(=O)NC1=O.CC[N+](C)(CC)CCOC(C)(c1ccccc1)C1CC2C=CC1C2.COc1ccc2c3c1OC1C(O)C=CC4C(C2)N(C)CCC341.Cc1c(N(C)CS(=O)(=O)[O-])c(=O)n(-c2ccccc2)n1C.O=P(O)(O)O.[Br-].[Na+]. The number of aliphatic hydroxyl groups excluding tert-OH is 1. The summed E-state index contributed by atoms with van der Waals surface area (Å²) in [5, 5.41) is 14.8. The van der Waals surface area contributed by atoms with E-state index in [0.29, 0.717) is 48.0 Å². The van der Waals surface area contributed by atoms with E-state index in [4.69, 9.17) is 33.5 Å². The number of hydrogen-bond donors (Lipinski definition) is 6. The number of nitrogens with one attached hydrogen (secondary N) is 2. The molecule has 2 saturated heterocycles. The van der Waals surface area contributed by atoms with Crippen LogP contribution in [0.15, 0.2) is 114 Å². The van der Waals surface area contributed by atoms with Gasteiger partial charge in [0.05, 0.1) is 50.8 Å². The second kappa shape index (κ2) is 30.8. The molecule has 89 heavy (non-hydrogen) atoms. The van der Waals surface area contributed by atoms with Crippen LogP contribution in [0, 0.1) is 36.0 Å². The molecule has 3 aliphatic heterocycles. The minimum absolute atomic E-state index is 0. The molecule has 7 aliphatic rings. The van der Waals surface area contributed by atoms with Crippen molar-refractivity contribution in [1.29, 1.82) is 0 Å². The standard InChI is InChI=1S/C22H34NO.C18H21NO3.C13H17N3O4S.C10H14N2O3.BrH.Na.H3O4P/c1-5-23(4,6-2)14-15-24-22(3,20-10-8-7-9-11-20)21-17-18-12-13-19(21)16-18;1-19-8-7-18-11-4-5-13(20)17(18)22-16-14(21-2)6-3-10(15(16)18)9-12(11)19;1-10-12(14(2)9-21(18,19)20)13(17)16(15(10)3)11-7-5-4-6-8-11;1-3-5-6-10(4-2)7(13)11-9(15)12-8(10)14;;;1-5(2,3)4/h7-13,18-19,21H,5-6,14-17H2,1-4H3;3-6,11-13,17,20H,7-9H2,1-2H3;4-8H,9H2,1-3H3,(H,18,19,20);3,5H,4,6H2,1-2H3,(H2,11,12,13,14,15);1H;;(H3,1,2,3,4)/q+1;;;;;+1;/p-2. The number of ether oxygens (including phenoxy) is 3. The van der Waals surface area contributed by atoms with E-state index in [1.807, 2.05) is 25.1 Å². The summed E-state index contributed by atoms with van der Waals surface area (Å²) in [6.07, 6.45) is 17.2. The van der Waals surface area contributed by atoms with Crippen LogP contribution in [0.5, 0.6) is 11.5 Å². The number of rotatable bonds is 16. The van der Waals surface area contributed by atoms with Crippen LogP contribution < -0.4 is 77.1 Å². The van der Waals surface area contributed by atoms with Gasteiger partial charge in [-0.05, 0) is 134 Å². The average molecular weight is 1350 g/mol. The van der Waals surface area contributed by atoms with Gasteiger partial charge in [-0.2, -0.15) is 0 Å². The Balaban J connectivity index is 0.000000211. The number of carbonyl (C=O) groups excluding carboxylic acids is 3. The maximum absolute atomic E-state index is 12.5. The van der Waals surface area contributed by atoms with Gasteiger partial charge in [-0.3, -0.25) is 29.7 Å². The van der Waals surface area contributed by atoms with Crippen molar-refractivity contribution in [3.63, 3.8) is 0 Å². The zero-order chi connectivity index (χ0) is 64.0. The first kappa shape index (κ1) is 75.0. The number of fused-ring (bicyclic) bond motifs is 2. The molecule has 4 aliphatic carbocycles. The number of methoxy groups -OCH3 is 1. The number of aromatic nitrogens is 2. The number of quaternary nitrogens is 1. The molecule has 26 heteroatoms. The average Bonchev–Trinajstić information content (AvgIpc) is 1.66. The largest absolute Gasteiger partial charge is 1.00 e. The fraction of sp³-hybridized carbons (Fsp3) is 0.524. The molecular weight excluding hydrogens is 1260 g/mol. The fourth-order valence-corrected chi connectivity index (χ4v) is 14.4. The quantitative estimate of drug-likeness (QED) is 0.0220. The number of nitrogens with zero attached hydrogens (tertiary/aromatic N) is 5. The van der Waals surface area contributed by atoms with E-state index in [1.165, 1.54) is 59.3 Å². The molecule has 1 spiro atoms. The molecule has 3 aromatic carbocycles. The molecule has 9 atom stereocenters. The molecule has 0 radical (unpaired) electrons. The van der Waals surface area contributed by atoms with Crippen molar-refractivity contribution in [3.8, 4) is 17.2 Å². The van der Waals surface area contributed by atoms with E-state index in [0.717, 1.165) is 54.4 Å². The Kier molecular flexibility index (Phi) is 25.9. The number of imide groups is 2. The molecule has 4 amide bonds. The van der Waals surface area contributed by atoms with Crippen LogP contribution in [-0.4, -0.2) is 155 Å². The molecule has 4 aromatic rings. The van der Waals surface area contributed by atoms with Gasteiger partial charge in [-0.15, -0.1) is 0 Å². The minimum atomic E-state index is -4.64. The van der Waals surface area contributed by atoms with Crippen LogP contribution in [0.2, 0.25) is 0 Å². The molecule has 1 saturated carbocycles. The number of likely N-dealkylation sites (N-methyl/N-ethyl adjacent to an activating group) is 2. The normalized spacial score (nSPS) is 24.6. The second-order valence-corrected chi connectivity index (χ2v) is 26.5. The first-order valence-corrected chi connectivity index (χ1v) is 32.8. The van der Waals surface area contributed by atoms with Crippen LogP contribution in [0.3, 0.4) is 0 Å². The predicted molar refractivity (Wildman–Crippen MR) is 330 cm³/mol. The summed E-state index contributed by atoms with van der Waals surface area (Å²) in [4.78, 5) is 71.9. The van der Waals surface area contributed by atoms with Crippen molar-refractivity contribution in [3.05, 3.63) is 142 Å². The first-order chi connectivity index (χ1) is 41.0. The summed E-state index contributed by atoms with van der Waals surface area (Å²) in [6, 6.07) is 23.9. The predicted octanol–water partition coefficient (Wildman–Crippen LogP) is 0.336. The molecule has 11 rings (SSSR count). The summed E-state index contributed by atoms with van der Waals surface area (Å²) in [7, 11) is 0.263. The van der Waals surface area contributed by atoms with Gasteiger partial charge in [0.1, 0.15) is 45.8 Å². The second-order valence-electron chi connectivity index (χ2n) is 24.1. The van der Waals surface area contributed by atoms with E-state index in [2.05, 4.69) is 105 Å². The van der Waals surface area contributed by atoms with Gasteiger partial charge < -0.3 is 69.8 Å². The summed E-state index contributed by atoms with van der Waals surface area (Å²) < 4.78 is 64.2. The molecular formula is C63H88BrN7NaO15PS. The number of anilines is 1. The molecule has 22 nitrogen and oxygen atoms in total. The maximum atomic E-state index is 12.5.